The highest BCUT2D eigenvalue weighted by Gasteiger charge is 2.07. The Balaban J connectivity index is 1.91. The standard InChI is InChI=1S/C17H19BrFN3O/c1-22(2)11-13-5-3-4-12(8-13)10-20-17(23)21-16-7-6-14(18)9-15(16)19/h3-9H,10-11H2,1-2H3,(H2,20,21,23). The van der Waals surface area contributed by atoms with Crippen molar-refractivity contribution in [1.29, 1.82) is 0 Å². The van der Waals surface area contributed by atoms with Crippen LogP contribution < -0.4 is 10.6 Å². The number of halogens is 2. The number of carbonyl (C=O) groups is 1. The zero-order valence-corrected chi connectivity index (χ0v) is 14.7. The van der Waals surface area contributed by atoms with Gasteiger partial charge in [-0.2, -0.15) is 0 Å². The van der Waals surface area contributed by atoms with E-state index in [1.54, 1.807) is 6.07 Å². The second kappa shape index (κ2) is 8.08. The Morgan fingerprint density at radius 2 is 1.91 bits per heavy atom. The largest absolute Gasteiger partial charge is 0.334 e. The third kappa shape index (κ3) is 5.65. The predicted molar refractivity (Wildman–Crippen MR) is 93.8 cm³/mol. The number of rotatable bonds is 5. The minimum Gasteiger partial charge on any atom is -0.334 e. The summed E-state index contributed by atoms with van der Waals surface area (Å²) >= 11 is 3.18. The van der Waals surface area contributed by atoms with E-state index in [0.29, 0.717) is 11.0 Å². The molecule has 0 spiro atoms. The van der Waals surface area contributed by atoms with Gasteiger partial charge in [-0.25, -0.2) is 9.18 Å². The van der Waals surface area contributed by atoms with Gasteiger partial charge in [-0.05, 0) is 43.4 Å². The van der Waals surface area contributed by atoms with E-state index in [1.807, 2.05) is 38.4 Å². The van der Waals surface area contributed by atoms with E-state index in [4.69, 9.17) is 0 Å². The molecule has 2 aromatic rings. The highest BCUT2D eigenvalue weighted by molar-refractivity contribution is 9.10. The Bertz CT molecular complexity index is 691. The number of urea groups is 1. The van der Waals surface area contributed by atoms with Crippen molar-refractivity contribution in [3.8, 4) is 0 Å². The average Bonchev–Trinajstić information content (AvgIpc) is 2.48. The van der Waals surface area contributed by atoms with Gasteiger partial charge >= 0.3 is 6.03 Å². The fraction of sp³-hybridized carbons (Fsp3) is 0.235. The van der Waals surface area contributed by atoms with Crippen molar-refractivity contribution >= 4 is 27.6 Å². The smallest absolute Gasteiger partial charge is 0.319 e. The molecule has 0 aliphatic rings. The summed E-state index contributed by atoms with van der Waals surface area (Å²) < 4.78 is 14.3. The molecule has 0 aliphatic carbocycles. The maximum atomic E-state index is 13.7. The first kappa shape index (κ1) is 17.4. The second-order valence-electron chi connectivity index (χ2n) is 5.49. The SMILES string of the molecule is CN(C)Cc1cccc(CNC(=O)Nc2ccc(Br)cc2F)c1. The van der Waals surface area contributed by atoms with Gasteiger partial charge in [0.05, 0.1) is 5.69 Å². The van der Waals surface area contributed by atoms with Crippen molar-refractivity contribution in [3.05, 3.63) is 63.9 Å². The van der Waals surface area contributed by atoms with Crippen LogP contribution in [0.3, 0.4) is 0 Å². The molecule has 0 atom stereocenters. The van der Waals surface area contributed by atoms with Crippen LogP contribution in [0.15, 0.2) is 46.9 Å². The first-order valence-electron chi connectivity index (χ1n) is 7.16. The van der Waals surface area contributed by atoms with Crippen LogP contribution in [-0.4, -0.2) is 25.0 Å². The third-order valence-corrected chi connectivity index (χ3v) is 3.62. The van der Waals surface area contributed by atoms with E-state index in [1.165, 1.54) is 17.7 Å². The molecule has 0 saturated heterocycles. The molecule has 0 aromatic heterocycles. The zero-order chi connectivity index (χ0) is 16.8. The number of hydrogen-bond acceptors (Lipinski definition) is 2. The number of benzene rings is 2. The van der Waals surface area contributed by atoms with E-state index < -0.39 is 11.8 Å². The number of hydrogen-bond donors (Lipinski definition) is 2. The molecule has 2 aromatic carbocycles. The topological polar surface area (TPSA) is 44.4 Å². The summed E-state index contributed by atoms with van der Waals surface area (Å²) in [7, 11) is 4.01. The summed E-state index contributed by atoms with van der Waals surface area (Å²) in [4.78, 5) is 14.0. The van der Waals surface area contributed by atoms with Crippen molar-refractivity contribution in [2.24, 2.45) is 0 Å². The molecular formula is C17H19BrFN3O. The summed E-state index contributed by atoms with van der Waals surface area (Å²) in [6, 6.07) is 12.0. The Kier molecular flexibility index (Phi) is 6.12. The maximum Gasteiger partial charge on any atom is 0.319 e. The Morgan fingerprint density at radius 1 is 1.17 bits per heavy atom. The lowest BCUT2D eigenvalue weighted by atomic mass is 10.1. The maximum absolute atomic E-state index is 13.7. The molecule has 0 bridgehead atoms. The Hall–Kier alpha value is -1.92. The lowest BCUT2D eigenvalue weighted by Crippen LogP contribution is -2.28. The average molecular weight is 380 g/mol. The zero-order valence-electron chi connectivity index (χ0n) is 13.1. The quantitative estimate of drug-likeness (QED) is 0.825. The van der Waals surface area contributed by atoms with Gasteiger partial charge in [0.2, 0.25) is 0 Å². The number of nitrogens with one attached hydrogen (secondary N) is 2. The predicted octanol–water partition coefficient (Wildman–Crippen LogP) is 3.97. The molecule has 0 unspecified atom stereocenters. The van der Waals surface area contributed by atoms with Gasteiger partial charge in [-0.15, -0.1) is 0 Å². The van der Waals surface area contributed by atoms with Gasteiger partial charge in [-0.1, -0.05) is 40.2 Å². The Morgan fingerprint density at radius 3 is 2.61 bits per heavy atom. The van der Waals surface area contributed by atoms with Gasteiger partial charge in [0, 0.05) is 17.6 Å². The molecule has 2 rings (SSSR count). The van der Waals surface area contributed by atoms with Gasteiger partial charge in [0.15, 0.2) is 0 Å². The molecule has 6 heteroatoms. The van der Waals surface area contributed by atoms with E-state index in [2.05, 4.69) is 31.5 Å². The van der Waals surface area contributed by atoms with Crippen LogP contribution in [-0.2, 0) is 13.1 Å². The number of nitrogens with zero attached hydrogens (tertiary/aromatic N) is 1. The van der Waals surface area contributed by atoms with Crippen molar-refractivity contribution in [2.75, 3.05) is 19.4 Å². The number of amides is 2. The van der Waals surface area contributed by atoms with E-state index >= 15 is 0 Å². The lowest BCUT2D eigenvalue weighted by Gasteiger charge is -2.12. The highest BCUT2D eigenvalue weighted by atomic mass is 79.9. The van der Waals surface area contributed by atoms with Gasteiger partial charge in [-0.3, -0.25) is 0 Å². The summed E-state index contributed by atoms with van der Waals surface area (Å²) in [5, 5.41) is 5.23. The number of carbonyl (C=O) groups excluding carboxylic acids is 1. The molecule has 0 aliphatic heterocycles. The molecule has 0 radical (unpaired) electrons. The minimum atomic E-state index is -0.484. The fourth-order valence-corrected chi connectivity index (χ4v) is 2.48. The van der Waals surface area contributed by atoms with Gasteiger partial charge in [0.25, 0.3) is 0 Å². The normalized spacial score (nSPS) is 10.7. The fourth-order valence-electron chi connectivity index (χ4n) is 2.14. The van der Waals surface area contributed by atoms with Crippen LogP contribution in [0.5, 0.6) is 0 Å². The van der Waals surface area contributed by atoms with E-state index in [-0.39, 0.29) is 5.69 Å². The van der Waals surface area contributed by atoms with Crippen LogP contribution in [0.25, 0.3) is 0 Å². The second-order valence-corrected chi connectivity index (χ2v) is 6.41. The summed E-state index contributed by atoms with van der Waals surface area (Å²) in [6.07, 6.45) is 0. The summed E-state index contributed by atoms with van der Waals surface area (Å²) in [5.41, 5.74) is 2.32. The molecule has 23 heavy (non-hydrogen) atoms. The molecule has 2 amide bonds. The molecule has 4 nitrogen and oxygen atoms in total. The lowest BCUT2D eigenvalue weighted by molar-refractivity contribution is 0.251. The van der Waals surface area contributed by atoms with Crippen molar-refractivity contribution in [1.82, 2.24) is 10.2 Å². The Labute approximate surface area is 143 Å². The first-order chi connectivity index (χ1) is 10.9. The number of anilines is 1. The van der Waals surface area contributed by atoms with Crippen LogP contribution >= 0.6 is 15.9 Å². The molecule has 122 valence electrons. The van der Waals surface area contributed by atoms with E-state index in [9.17, 15) is 9.18 Å². The van der Waals surface area contributed by atoms with Crippen molar-refractivity contribution < 1.29 is 9.18 Å². The monoisotopic (exact) mass is 379 g/mol. The van der Waals surface area contributed by atoms with Crippen LogP contribution in [0.1, 0.15) is 11.1 Å². The van der Waals surface area contributed by atoms with Crippen LogP contribution in [0.4, 0.5) is 14.9 Å². The van der Waals surface area contributed by atoms with Crippen LogP contribution in [0, 0.1) is 5.82 Å². The molecule has 0 fully saturated rings. The van der Waals surface area contributed by atoms with Gasteiger partial charge in [0.1, 0.15) is 5.82 Å². The highest BCUT2D eigenvalue weighted by Crippen LogP contribution is 2.19. The minimum absolute atomic E-state index is 0.145. The molecule has 0 heterocycles. The van der Waals surface area contributed by atoms with Crippen molar-refractivity contribution in [3.63, 3.8) is 0 Å². The van der Waals surface area contributed by atoms with Crippen LogP contribution in [0.2, 0.25) is 0 Å². The molecule has 0 saturated carbocycles. The third-order valence-electron chi connectivity index (χ3n) is 3.12. The first-order valence-corrected chi connectivity index (χ1v) is 7.96. The van der Waals surface area contributed by atoms with E-state index in [0.717, 1.165) is 12.1 Å². The van der Waals surface area contributed by atoms with Crippen molar-refractivity contribution in [2.45, 2.75) is 13.1 Å². The molecular weight excluding hydrogens is 361 g/mol. The molecule has 2 N–H and O–H groups in total. The summed E-state index contributed by atoms with van der Waals surface area (Å²) in [5.74, 6) is -0.484. The summed E-state index contributed by atoms with van der Waals surface area (Å²) in [6.45, 7) is 1.22. The van der Waals surface area contributed by atoms with Gasteiger partial charge < -0.3 is 15.5 Å².